The van der Waals surface area contributed by atoms with Crippen LogP contribution >= 0.6 is 35.3 Å². The first-order chi connectivity index (χ1) is 10.5. The molecule has 5 nitrogen and oxygen atoms in total. The summed E-state index contributed by atoms with van der Waals surface area (Å²) in [5.41, 5.74) is -1.08. The summed E-state index contributed by atoms with van der Waals surface area (Å²) in [6.07, 6.45) is 1.56. The largest absolute Gasteiger partial charge is 0.466 e. The second-order valence-electron chi connectivity index (χ2n) is 5.31. The Morgan fingerprint density at radius 3 is 2.70 bits per heavy atom. The molecule has 1 atom stereocenters. The highest BCUT2D eigenvalue weighted by Gasteiger charge is 2.26. The molecule has 0 saturated carbocycles. The van der Waals surface area contributed by atoms with E-state index in [-0.39, 0.29) is 24.0 Å². The van der Waals surface area contributed by atoms with Gasteiger partial charge in [-0.1, -0.05) is 0 Å². The number of halogens is 1. The molecular weight excluding hydrogens is 425 g/mol. The summed E-state index contributed by atoms with van der Waals surface area (Å²) in [5, 5.41) is 16.8. The van der Waals surface area contributed by atoms with Crippen LogP contribution in [0.25, 0.3) is 0 Å². The number of aliphatic hydroxyl groups is 1. The summed E-state index contributed by atoms with van der Waals surface area (Å²) in [6.45, 7) is 7.51. The minimum atomic E-state index is -1.08. The molecule has 7 heteroatoms. The molecule has 2 heterocycles. The molecule has 0 aliphatic carbocycles. The first-order valence-electron chi connectivity index (χ1n) is 7.35. The first-order valence-corrected chi connectivity index (χ1v) is 8.17. The molecule has 0 saturated heterocycles. The lowest BCUT2D eigenvalue weighted by atomic mass is 10.0. The van der Waals surface area contributed by atoms with E-state index in [9.17, 15) is 5.11 Å². The summed E-state index contributed by atoms with van der Waals surface area (Å²) in [4.78, 5) is 7.04. The van der Waals surface area contributed by atoms with E-state index >= 15 is 0 Å². The Bertz CT molecular complexity index is 609. The predicted octanol–water partition coefficient (Wildman–Crippen LogP) is 3.23. The first kappa shape index (κ1) is 20.0. The molecule has 2 aromatic rings. The summed E-state index contributed by atoms with van der Waals surface area (Å²) in [6, 6.07) is 7.71. The topological polar surface area (TPSA) is 69.8 Å². The van der Waals surface area contributed by atoms with Gasteiger partial charge in [-0.05, 0) is 45.0 Å². The average molecular weight is 449 g/mol. The van der Waals surface area contributed by atoms with Gasteiger partial charge in [-0.25, -0.2) is 4.99 Å². The molecule has 3 N–H and O–H groups in total. The molecule has 2 aromatic heterocycles. The zero-order valence-electron chi connectivity index (χ0n) is 13.6. The van der Waals surface area contributed by atoms with Crippen LogP contribution < -0.4 is 10.6 Å². The van der Waals surface area contributed by atoms with Crippen LogP contribution in [0.5, 0.6) is 0 Å². The number of aryl methyl sites for hydroxylation is 1. The second kappa shape index (κ2) is 9.29. The summed E-state index contributed by atoms with van der Waals surface area (Å²) < 4.78 is 5.27. The molecule has 0 bridgehead atoms. The number of furan rings is 1. The number of hydrogen-bond donors (Lipinski definition) is 3. The van der Waals surface area contributed by atoms with E-state index in [1.807, 2.05) is 6.92 Å². The number of guanidine groups is 1. The summed E-state index contributed by atoms with van der Waals surface area (Å²) in [7, 11) is 0. The zero-order valence-corrected chi connectivity index (χ0v) is 16.8. The highest BCUT2D eigenvalue weighted by Crippen LogP contribution is 2.19. The summed E-state index contributed by atoms with van der Waals surface area (Å²) >= 11 is 1.74. The lowest BCUT2D eigenvalue weighted by Gasteiger charge is -2.22. The van der Waals surface area contributed by atoms with E-state index in [1.165, 1.54) is 9.75 Å². The maximum atomic E-state index is 10.4. The number of rotatable bonds is 6. The maximum Gasteiger partial charge on any atom is 0.191 e. The fourth-order valence-electron chi connectivity index (χ4n) is 2.00. The Balaban J connectivity index is 0.00000264. The normalized spacial score (nSPS) is 14.0. The molecule has 0 aliphatic heterocycles. The van der Waals surface area contributed by atoms with Crippen molar-refractivity contribution in [2.45, 2.75) is 32.9 Å². The van der Waals surface area contributed by atoms with Crippen molar-refractivity contribution in [1.82, 2.24) is 10.6 Å². The number of thiophene rings is 1. The minimum Gasteiger partial charge on any atom is -0.466 e. The Morgan fingerprint density at radius 2 is 2.13 bits per heavy atom. The van der Waals surface area contributed by atoms with Crippen molar-refractivity contribution >= 4 is 41.3 Å². The third kappa shape index (κ3) is 6.15. The van der Waals surface area contributed by atoms with E-state index in [0.717, 1.165) is 6.54 Å². The van der Waals surface area contributed by atoms with Gasteiger partial charge in [0.1, 0.15) is 11.4 Å². The van der Waals surface area contributed by atoms with Gasteiger partial charge in [0.05, 0.1) is 19.4 Å². The number of aliphatic imine (C=N–C) groups is 1. The Morgan fingerprint density at radius 1 is 1.35 bits per heavy atom. The Hall–Kier alpha value is -1.06. The molecular formula is C16H24IN3O2S. The molecule has 0 radical (unpaired) electrons. The van der Waals surface area contributed by atoms with Gasteiger partial charge in [-0.3, -0.25) is 0 Å². The van der Waals surface area contributed by atoms with Gasteiger partial charge >= 0.3 is 0 Å². The van der Waals surface area contributed by atoms with Gasteiger partial charge < -0.3 is 20.2 Å². The van der Waals surface area contributed by atoms with E-state index < -0.39 is 5.60 Å². The molecule has 0 aliphatic rings. The van der Waals surface area contributed by atoms with Gasteiger partial charge in [0.15, 0.2) is 5.96 Å². The van der Waals surface area contributed by atoms with Crippen molar-refractivity contribution in [2.75, 3.05) is 13.1 Å². The number of nitrogens with zero attached hydrogens (tertiary/aromatic N) is 1. The molecule has 0 amide bonds. The lowest BCUT2D eigenvalue weighted by Crippen LogP contribution is -2.44. The van der Waals surface area contributed by atoms with Gasteiger partial charge in [0.25, 0.3) is 0 Å². The standard InChI is InChI=1S/C16H23N3O2S.HI/c1-4-17-15(18-10-13-8-7-12(2)22-13)19-11-16(3,20)14-6-5-9-21-14;/h5-9,20H,4,10-11H2,1-3H3,(H2,17,18,19);1H. The van der Waals surface area contributed by atoms with Crippen LogP contribution in [0.2, 0.25) is 0 Å². The van der Waals surface area contributed by atoms with Crippen molar-refractivity contribution in [3.63, 3.8) is 0 Å². The molecule has 2 rings (SSSR count). The molecule has 0 fully saturated rings. The van der Waals surface area contributed by atoms with Crippen LogP contribution in [0, 0.1) is 6.92 Å². The molecule has 0 aromatic carbocycles. The Labute approximate surface area is 158 Å². The molecule has 1 unspecified atom stereocenters. The Kier molecular flexibility index (Phi) is 8.07. The average Bonchev–Trinajstić information content (AvgIpc) is 3.13. The van der Waals surface area contributed by atoms with E-state index in [2.05, 4.69) is 34.7 Å². The van der Waals surface area contributed by atoms with Crippen molar-refractivity contribution < 1.29 is 9.52 Å². The third-order valence-corrected chi connectivity index (χ3v) is 4.17. The molecule has 128 valence electrons. The molecule has 0 spiro atoms. The van der Waals surface area contributed by atoms with Crippen LogP contribution in [0.4, 0.5) is 0 Å². The lowest BCUT2D eigenvalue weighted by molar-refractivity contribution is 0.0386. The van der Waals surface area contributed by atoms with Crippen molar-refractivity contribution in [3.05, 3.63) is 46.0 Å². The fraction of sp³-hybridized carbons (Fsp3) is 0.438. The highest BCUT2D eigenvalue weighted by atomic mass is 127. The number of hydrogen-bond acceptors (Lipinski definition) is 4. The van der Waals surface area contributed by atoms with Crippen molar-refractivity contribution in [2.24, 2.45) is 4.99 Å². The van der Waals surface area contributed by atoms with Crippen molar-refractivity contribution in [3.8, 4) is 0 Å². The minimum absolute atomic E-state index is 0. The third-order valence-electron chi connectivity index (χ3n) is 3.19. The highest BCUT2D eigenvalue weighted by molar-refractivity contribution is 14.0. The van der Waals surface area contributed by atoms with Crippen molar-refractivity contribution in [1.29, 1.82) is 0 Å². The van der Waals surface area contributed by atoms with E-state index in [1.54, 1.807) is 36.7 Å². The predicted molar refractivity (Wildman–Crippen MR) is 106 cm³/mol. The van der Waals surface area contributed by atoms with Crippen LogP contribution in [0.15, 0.2) is 39.9 Å². The van der Waals surface area contributed by atoms with Gasteiger partial charge in [-0.2, -0.15) is 0 Å². The van der Waals surface area contributed by atoms with Crippen LogP contribution in [0.1, 0.15) is 29.4 Å². The smallest absolute Gasteiger partial charge is 0.191 e. The SMILES string of the molecule is CCNC(=NCc1ccc(C)s1)NCC(C)(O)c1ccco1.I. The van der Waals surface area contributed by atoms with E-state index in [0.29, 0.717) is 24.8 Å². The zero-order chi connectivity index (χ0) is 16.0. The van der Waals surface area contributed by atoms with Crippen LogP contribution in [0.3, 0.4) is 0 Å². The monoisotopic (exact) mass is 449 g/mol. The van der Waals surface area contributed by atoms with Gasteiger partial charge in [-0.15, -0.1) is 35.3 Å². The van der Waals surface area contributed by atoms with Gasteiger partial charge in [0, 0.05) is 16.3 Å². The van der Waals surface area contributed by atoms with Gasteiger partial charge in [0.2, 0.25) is 0 Å². The quantitative estimate of drug-likeness (QED) is 0.360. The van der Waals surface area contributed by atoms with Crippen LogP contribution in [-0.4, -0.2) is 24.2 Å². The summed E-state index contributed by atoms with van der Waals surface area (Å²) in [5.74, 6) is 1.21. The molecule has 23 heavy (non-hydrogen) atoms. The maximum absolute atomic E-state index is 10.4. The van der Waals surface area contributed by atoms with E-state index in [4.69, 9.17) is 4.42 Å². The number of nitrogens with one attached hydrogen (secondary N) is 2. The van der Waals surface area contributed by atoms with Crippen LogP contribution in [-0.2, 0) is 12.1 Å². The fourth-order valence-corrected chi connectivity index (χ4v) is 2.81. The second-order valence-corrected chi connectivity index (χ2v) is 6.68.